The lowest BCUT2D eigenvalue weighted by Crippen LogP contribution is -2.59. The highest BCUT2D eigenvalue weighted by Crippen LogP contribution is 2.57. The molecule has 12 aliphatic rings. The van der Waals surface area contributed by atoms with E-state index >= 15 is 0 Å². The number of alkyl halides is 1. The first-order valence-corrected chi connectivity index (χ1v) is 43.3. The van der Waals surface area contributed by atoms with Gasteiger partial charge in [0.25, 0.3) is 0 Å². The van der Waals surface area contributed by atoms with Crippen LogP contribution in [0.2, 0.25) is 0 Å². The summed E-state index contributed by atoms with van der Waals surface area (Å²) in [6.07, 6.45) is -14.4. The number of carbonyl (C=O) groups is 9. The Hall–Kier alpha value is -9.09. The van der Waals surface area contributed by atoms with Crippen molar-refractivity contribution in [1.82, 2.24) is 9.80 Å². The maximum absolute atomic E-state index is 14.8. The molecule has 0 bridgehead atoms. The predicted molar refractivity (Wildman–Crippen MR) is 442 cm³/mol. The third-order valence-electron chi connectivity index (χ3n) is 26.5. The lowest BCUT2D eigenvalue weighted by molar-refractivity contribution is -0.266. The first-order chi connectivity index (χ1) is 60.6. The van der Waals surface area contributed by atoms with E-state index < -0.39 is 289 Å². The third-order valence-corrected chi connectivity index (χ3v) is 26.5. The lowest BCUT2D eigenvalue weighted by Gasteiger charge is -2.47. The summed E-state index contributed by atoms with van der Waals surface area (Å²) in [6.45, 7) is 13.0. The van der Waals surface area contributed by atoms with Crippen molar-refractivity contribution < 1.29 is 165 Å². The summed E-state index contributed by atoms with van der Waals surface area (Å²) in [5.74, 6) is -14.6. The standard InChI is InChI=1S/C31H32FNO11.C31H34FNO11.C26H26FNO9.C2H5I/c1-12-28-17(33-7-8-41-30(40-3)29(33)44-28)9-19(42-12)43-18-11-31(39,13(2)34)10-15-21(18)27(38)23-22(25(15)36)24(35)14-5-4-6-16(32)20(14)26(23)37;1-13-26(35)18(33-7-8-42-21(12-33)41-3)9-20(43-13)44-19-11-31(40,14(2)34)10-16-23(19)30(39)25-24(28(16)37)27(36)15-5-4-6-17(32)22(15)29(25)38;1-9-21(30)14(28)6-16(36-9)37-15-8-26(35,10(2)29)7-12-18(15)25(34)20-19(23(12)32)22(31)11-4-3-5-13(27)17(11)24(20)33;1-2-3/h4-6,12,17-19,28-30,36,38-39H,7-11H2,1-3H3;4-6,13,18-21,26,35,37,39-40H,7-12H2,1-3H3;3-5,9,14-16,21,30,32,34-35H,6-8,28H2,1-2H3;2H2,1H3/t12-,17-,18-,19-,28+,29+,30-,31-;13-,18-,19-,20-,21-,26+,31-;9-,14-,15-,16-,21+,26-;/m000./s1. The molecule has 13 N–H and O–H groups in total. The number of phenols is 6. The van der Waals surface area contributed by atoms with E-state index in [2.05, 4.69) is 34.4 Å². The number of hydrogen-bond acceptors (Lipinski definition) is 34. The van der Waals surface area contributed by atoms with Crippen molar-refractivity contribution in [3.63, 3.8) is 0 Å². The second-order valence-electron chi connectivity index (χ2n) is 34.1. The average molecular weight is 1900 g/mol. The summed E-state index contributed by atoms with van der Waals surface area (Å²) in [4.78, 5) is 122. The fourth-order valence-corrected chi connectivity index (χ4v) is 19.8. The van der Waals surface area contributed by atoms with Gasteiger partial charge in [-0.2, -0.15) is 0 Å². The van der Waals surface area contributed by atoms with Crippen molar-refractivity contribution in [2.75, 3.05) is 51.5 Å². The average Bonchev–Trinajstić information content (AvgIpc) is 0.873. The van der Waals surface area contributed by atoms with Crippen LogP contribution < -0.4 is 5.73 Å². The van der Waals surface area contributed by atoms with Gasteiger partial charge < -0.3 is 114 Å². The highest BCUT2D eigenvalue weighted by atomic mass is 127. The molecule has 0 amide bonds. The van der Waals surface area contributed by atoms with Crippen LogP contribution in [0.5, 0.6) is 34.5 Å². The van der Waals surface area contributed by atoms with E-state index in [4.69, 9.17) is 57.8 Å². The molecule has 18 rings (SSSR count). The highest BCUT2D eigenvalue weighted by molar-refractivity contribution is 14.1. The Morgan fingerprint density at radius 1 is 0.477 bits per heavy atom. The Kier molecular flexibility index (Phi) is 26.2. The number of ketones is 9. The van der Waals surface area contributed by atoms with E-state index in [-0.39, 0.29) is 94.3 Å². The van der Waals surface area contributed by atoms with E-state index in [0.717, 1.165) is 25.1 Å². The van der Waals surface area contributed by atoms with E-state index in [1.807, 2.05) is 11.8 Å². The molecule has 0 saturated carbocycles. The van der Waals surface area contributed by atoms with Gasteiger partial charge in [0, 0.05) is 160 Å². The number of hydrogen-bond donors (Lipinski definition) is 12. The Morgan fingerprint density at radius 3 is 1.20 bits per heavy atom. The molecule has 34 nitrogen and oxygen atoms in total. The number of phenolic OH excluding ortho intramolecular Hbond substituents is 6. The molecule has 6 heterocycles. The van der Waals surface area contributed by atoms with E-state index in [9.17, 15) is 112 Å². The molecule has 0 radical (unpaired) electrons. The number of Topliss-reactive ketones (excluding diaryl/α,β-unsaturated/α-hetero) is 3. The summed E-state index contributed by atoms with van der Waals surface area (Å²) in [7, 11) is 3.06. The Morgan fingerprint density at radius 2 is 0.828 bits per heavy atom. The van der Waals surface area contributed by atoms with Gasteiger partial charge >= 0.3 is 0 Å². The maximum Gasteiger partial charge on any atom is 0.201 e. The molecule has 6 fully saturated rings. The van der Waals surface area contributed by atoms with Crippen molar-refractivity contribution >= 4 is 74.6 Å². The fraction of sp³-hybridized carbons (Fsp3) is 0.500. The summed E-state index contributed by atoms with van der Waals surface area (Å²) in [5.41, 5.74) is -6.62. The van der Waals surface area contributed by atoms with Gasteiger partial charge in [-0.05, 0) is 64.2 Å². The molecular formula is C90H97F3IN3O31. The van der Waals surface area contributed by atoms with E-state index in [1.165, 1.54) is 68.9 Å². The number of rotatable bonds is 12. The largest absolute Gasteiger partial charge is 0.507 e. The molecule has 686 valence electrons. The number of fused-ring (bicyclic) bond motifs is 12. The molecule has 6 aliphatic carbocycles. The molecule has 38 heteroatoms. The van der Waals surface area contributed by atoms with Gasteiger partial charge in [0.15, 0.2) is 72.4 Å². The van der Waals surface area contributed by atoms with Crippen molar-refractivity contribution in [2.24, 2.45) is 5.73 Å². The summed E-state index contributed by atoms with van der Waals surface area (Å²) >= 11 is 2.29. The number of carbonyl (C=O) groups excluding carboxylic acids is 9. The Labute approximate surface area is 742 Å². The normalized spacial score (nSPS) is 32.0. The maximum atomic E-state index is 14.8. The second-order valence-corrected chi connectivity index (χ2v) is 35.6. The Bertz CT molecular complexity index is 5390. The molecule has 6 aromatic carbocycles. The van der Waals surface area contributed by atoms with Crippen molar-refractivity contribution in [3.8, 4) is 34.5 Å². The molecule has 0 spiro atoms. The minimum Gasteiger partial charge on any atom is -0.507 e. The van der Waals surface area contributed by atoms with Crippen molar-refractivity contribution in [1.29, 1.82) is 0 Å². The summed E-state index contributed by atoms with van der Waals surface area (Å²) in [6, 6.07) is 9.19. The van der Waals surface area contributed by atoms with Crippen LogP contribution in [0.15, 0.2) is 54.6 Å². The minimum absolute atomic E-state index is 0.0313. The quantitative estimate of drug-likeness (QED) is 0.0380. The SMILES string of the molecule is CC(=O)[C@]1(O)Cc2c(O)c3c(c(O)c2[C@@H](O[C@H]2C[C@H](N)[C@H](O)[C@H](C)O2)C1)C(=O)c1c(F)cccc1C3=O.CCI.CO[C@@H]1CN([C@H]2C[C@H](O[C@H]3C[C@](O)(C(C)=O)Cc4c(O)c5c(c(O)c43)C(=O)c3c(F)cccc3C5=O)O[C@@H](C)[C@H]2O)CCO1.CO[C@H]1OCCN2[C@@H]1O[C@@H]1[C@H](C)O[C@@H](O[C@H]3C[C@](O)(C(C)=O)Cc4c(O)c5c(c(O)c43)C(=O)c3c(F)cccc3C5=O)C[C@@H]12. The molecule has 6 aromatic rings. The van der Waals surface area contributed by atoms with Gasteiger partial charge in [0.2, 0.25) is 17.3 Å². The zero-order valence-electron chi connectivity index (χ0n) is 70.8. The molecule has 6 aliphatic heterocycles. The van der Waals surface area contributed by atoms with Crippen LogP contribution in [-0.2, 0) is 85.8 Å². The second kappa shape index (κ2) is 35.9. The zero-order chi connectivity index (χ0) is 92.6. The van der Waals surface area contributed by atoms with Crippen LogP contribution in [0.4, 0.5) is 13.2 Å². The molecule has 0 unspecified atom stereocenters. The van der Waals surface area contributed by atoms with Crippen LogP contribution in [-0.4, -0.2) is 279 Å². The summed E-state index contributed by atoms with van der Waals surface area (Å²) in [5, 5.41) is 124. The Balaban J connectivity index is 0.000000146. The zero-order valence-corrected chi connectivity index (χ0v) is 72.9. The number of benzene rings is 6. The molecular weight excluding hydrogens is 1800 g/mol. The monoisotopic (exact) mass is 1900 g/mol. The molecule has 6 saturated heterocycles. The van der Waals surface area contributed by atoms with Gasteiger partial charge in [0.1, 0.15) is 74.9 Å². The number of nitrogens with zero attached hydrogens (tertiary/aromatic N) is 2. The number of nitrogens with two attached hydrogens (primary N) is 1. The van der Waals surface area contributed by atoms with Gasteiger partial charge in [-0.15, -0.1) is 0 Å². The summed E-state index contributed by atoms with van der Waals surface area (Å²) < 4.78 is 110. The third kappa shape index (κ3) is 16.0. The van der Waals surface area contributed by atoms with Crippen LogP contribution in [0.25, 0.3) is 0 Å². The first-order valence-electron chi connectivity index (χ1n) is 41.8. The van der Waals surface area contributed by atoms with E-state index in [0.29, 0.717) is 39.3 Å². The first kappa shape index (κ1) is 93.6. The number of methoxy groups -OCH3 is 2. The van der Waals surface area contributed by atoms with Crippen molar-refractivity contribution in [2.45, 2.75) is 234 Å². The van der Waals surface area contributed by atoms with Crippen molar-refractivity contribution in [3.05, 3.63) is 172 Å². The number of halogens is 4. The van der Waals surface area contributed by atoms with Gasteiger partial charge in [0.05, 0.1) is 112 Å². The molecule has 128 heavy (non-hydrogen) atoms. The lowest BCUT2D eigenvalue weighted by atomic mass is 9.72. The van der Waals surface area contributed by atoms with Gasteiger partial charge in [-0.25, -0.2) is 13.2 Å². The van der Waals surface area contributed by atoms with Crippen LogP contribution in [0.3, 0.4) is 0 Å². The molecule has 21 atom stereocenters. The van der Waals surface area contributed by atoms with Crippen LogP contribution >= 0.6 is 22.6 Å². The predicted octanol–water partition coefficient (Wildman–Crippen LogP) is 5.98. The number of ether oxygens (including phenoxy) is 11. The number of aliphatic hydroxyl groups excluding tert-OH is 2. The number of morpholine rings is 2. The topological polar surface area (TPSA) is 510 Å². The minimum atomic E-state index is -2.06. The van der Waals surface area contributed by atoms with Crippen LogP contribution in [0.1, 0.15) is 234 Å². The number of aromatic hydroxyl groups is 6. The van der Waals surface area contributed by atoms with Crippen LogP contribution in [0, 0.1) is 17.5 Å². The highest BCUT2D eigenvalue weighted by Gasteiger charge is 2.58. The number of aliphatic hydroxyl groups is 5. The van der Waals surface area contributed by atoms with Gasteiger partial charge in [-0.1, -0.05) is 65.9 Å². The fourth-order valence-electron chi connectivity index (χ4n) is 19.8. The van der Waals surface area contributed by atoms with E-state index in [1.54, 1.807) is 13.8 Å². The smallest absolute Gasteiger partial charge is 0.201 e. The molecule has 0 aromatic heterocycles. The van der Waals surface area contributed by atoms with Gasteiger partial charge in [-0.3, -0.25) is 53.0 Å².